The summed E-state index contributed by atoms with van der Waals surface area (Å²) in [6, 6.07) is 0.941. The molecule has 2 heterocycles. The van der Waals surface area contributed by atoms with Crippen molar-refractivity contribution in [3.05, 3.63) is 0 Å². The first-order valence-corrected chi connectivity index (χ1v) is 5.33. The second-order valence-electron chi connectivity index (χ2n) is 4.71. The van der Waals surface area contributed by atoms with Crippen LogP contribution in [-0.4, -0.2) is 29.4 Å². The lowest BCUT2D eigenvalue weighted by Crippen LogP contribution is -2.62. The molecule has 4 aliphatic rings. The second kappa shape index (κ2) is 2.47. The fraction of sp³-hybridized carbons (Fsp3) is 0.900. The van der Waals surface area contributed by atoms with Crippen molar-refractivity contribution in [1.82, 2.24) is 4.90 Å². The molecule has 2 aliphatic carbocycles. The molecule has 4 fully saturated rings. The van der Waals surface area contributed by atoms with Gasteiger partial charge in [0.15, 0.2) is 0 Å². The normalized spacial score (nSPS) is 43.3. The van der Waals surface area contributed by atoms with Gasteiger partial charge in [0, 0.05) is 24.5 Å². The first kappa shape index (κ1) is 7.80. The van der Waals surface area contributed by atoms with E-state index in [1.165, 1.54) is 12.8 Å². The van der Waals surface area contributed by atoms with Crippen molar-refractivity contribution in [3.8, 4) is 0 Å². The summed E-state index contributed by atoms with van der Waals surface area (Å²) in [6.45, 7) is 0.666. The largest absolute Gasteiger partial charge is 0.335 e. The van der Waals surface area contributed by atoms with E-state index >= 15 is 0 Å². The highest BCUT2D eigenvalue weighted by molar-refractivity contribution is 5.82. The fourth-order valence-corrected chi connectivity index (χ4v) is 2.89. The van der Waals surface area contributed by atoms with Crippen LogP contribution in [0, 0.1) is 11.8 Å². The maximum absolute atomic E-state index is 11.9. The third-order valence-corrected chi connectivity index (χ3v) is 3.86. The minimum Gasteiger partial charge on any atom is -0.335 e. The van der Waals surface area contributed by atoms with Crippen molar-refractivity contribution in [2.24, 2.45) is 17.6 Å². The Morgan fingerprint density at radius 2 is 2.08 bits per heavy atom. The molecule has 0 aromatic rings. The van der Waals surface area contributed by atoms with Gasteiger partial charge in [0.05, 0.1) is 0 Å². The number of piperidine rings is 2. The van der Waals surface area contributed by atoms with Gasteiger partial charge in [-0.05, 0) is 31.6 Å². The van der Waals surface area contributed by atoms with Crippen LogP contribution in [0.25, 0.3) is 0 Å². The summed E-state index contributed by atoms with van der Waals surface area (Å²) in [6.07, 6.45) is 4.65. The molecule has 0 radical (unpaired) electrons. The summed E-state index contributed by atoms with van der Waals surface area (Å²) in [5, 5.41) is 0. The van der Waals surface area contributed by atoms with E-state index in [9.17, 15) is 4.79 Å². The Hall–Kier alpha value is -0.570. The van der Waals surface area contributed by atoms with Gasteiger partial charge < -0.3 is 10.6 Å². The third-order valence-electron chi connectivity index (χ3n) is 3.86. The van der Waals surface area contributed by atoms with Gasteiger partial charge in [-0.25, -0.2) is 0 Å². The van der Waals surface area contributed by atoms with E-state index in [1.54, 1.807) is 0 Å². The Kier molecular flexibility index (Phi) is 1.48. The van der Waals surface area contributed by atoms with Crippen molar-refractivity contribution < 1.29 is 4.79 Å². The number of carbonyl (C=O) groups excluding carboxylic acids is 1. The summed E-state index contributed by atoms with van der Waals surface area (Å²) in [7, 11) is 0. The van der Waals surface area contributed by atoms with Crippen molar-refractivity contribution in [2.45, 2.75) is 37.8 Å². The molecule has 2 aliphatic heterocycles. The molecule has 2 N–H and O–H groups in total. The van der Waals surface area contributed by atoms with E-state index in [1.807, 2.05) is 0 Å². The third kappa shape index (κ3) is 0.966. The van der Waals surface area contributed by atoms with Crippen LogP contribution in [0.4, 0.5) is 0 Å². The van der Waals surface area contributed by atoms with Gasteiger partial charge in [-0.3, -0.25) is 4.79 Å². The fourth-order valence-electron chi connectivity index (χ4n) is 2.89. The Labute approximate surface area is 78.3 Å². The first-order valence-electron chi connectivity index (χ1n) is 5.33. The van der Waals surface area contributed by atoms with Gasteiger partial charge >= 0.3 is 0 Å². The standard InChI is InChI=1S/C10H16N2O/c11-5-9-6-3-7(4-6)10(13)12(9)8-1-2-8/h6-9H,1-5,11H2. The maximum atomic E-state index is 11.9. The zero-order valence-corrected chi connectivity index (χ0v) is 7.78. The Balaban J connectivity index is 1.84. The molecule has 2 bridgehead atoms. The van der Waals surface area contributed by atoms with Crippen molar-refractivity contribution in [1.29, 1.82) is 0 Å². The molecule has 1 amide bonds. The Bertz CT molecular complexity index is 243. The lowest BCUT2D eigenvalue weighted by atomic mass is 9.66. The first-order chi connectivity index (χ1) is 6.31. The van der Waals surface area contributed by atoms with Gasteiger partial charge in [-0.2, -0.15) is 0 Å². The molecule has 13 heavy (non-hydrogen) atoms. The van der Waals surface area contributed by atoms with E-state index in [-0.39, 0.29) is 0 Å². The second-order valence-corrected chi connectivity index (χ2v) is 4.71. The number of rotatable bonds is 2. The summed E-state index contributed by atoms with van der Waals surface area (Å²) < 4.78 is 0. The van der Waals surface area contributed by atoms with Crippen LogP contribution >= 0.6 is 0 Å². The lowest BCUT2D eigenvalue weighted by molar-refractivity contribution is -0.156. The molecule has 2 saturated carbocycles. The summed E-state index contributed by atoms with van der Waals surface area (Å²) >= 11 is 0. The van der Waals surface area contributed by atoms with E-state index in [2.05, 4.69) is 4.90 Å². The molecular weight excluding hydrogens is 164 g/mol. The van der Waals surface area contributed by atoms with Gasteiger partial charge in [0.1, 0.15) is 0 Å². The highest BCUT2D eigenvalue weighted by atomic mass is 16.2. The lowest BCUT2D eigenvalue weighted by Gasteiger charge is -2.52. The number of hydrogen-bond donors (Lipinski definition) is 1. The van der Waals surface area contributed by atoms with Crippen LogP contribution in [0.3, 0.4) is 0 Å². The minimum absolute atomic E-state index is 0.369. The Morgan fingerprint density at radius 3 is 2.62 bits per heavy atom. The van der Waals surface area contributed by atoms with Gasteiger partial charge in [0.2, 0.25) is 5.91 Å². The summed E-state index contributed by atoms with van der Waals surface area (Å²) in [5.41, 5.74) is 5.74. The molecular formula is C10H16N2O. The number of nitrogens with zero attached hydrogens (tertiary/aromatic N) is 1. The molecule has 0 aromatic carbocycles. The highest BCUT2D eigenvalue weighted by Gasteiger charge is 2.52. The maximum Gasteiger partial charge on any atom is 0.226 e. The van der Waals surface area contributed by atoms with Crippen molar-refractivity contribution in [3.63, 3.8) is 0 Å². The average Bonchev–Trinajstić information content (AvgIpc) is 2.83. The van der Waals surface area contributed by atoms with Gasteiger partial charge in [-0.1, -0.05) is 0 Å². The topological polar surface area (TPSA) is 46.3 Å². The summed E-state index contributed by atoms with van der Waals surface area (Å²) in [4.78, 5) is 14.0. The van der Waals surface area contributed by atoms with Crippen molar-refractivity contribution in [2.75, 3.05) is 6.54 Å². The molecule has 3 nitrogen and oxygen atoms in total. The van der Waals surface area contributed by atoms with Crippen LogP contribution in [-0.2, 0) is 4.79 Å². The van der Waals surface area contributed by atoms with Crippen LogP contribution in [0.5, 0.6) is 0 Å². The van der Waals surface area contributed by atoms with Crippen LogP contribution in [0.1, 0.15) is 25.7 Å². The van der Waals surface area contributed by atoms with Crippen LogP contribution in [0.2, 0.25) is 0 Å². The molecule has 72 valence electrons. The minimum atomic E-state index is 0.369. The van der Waals surface area contributed by atoms with Gasteiger partial charge in [-0.15, -0.1) is 0 Å². The van der Waals surface area contributed by atoms with Crippen LogP contribution in [0.15, 0.2) is 0 Å². The molecule has 1 atom stereocenters. The highest BCUT2D eigenvalue weighted by Crippen LogP contribution is 2.47. The number of carbonyl (C=O) groups is 1. The molecule has 2 saturated heterocycles. The smallest absolute Gasteiger partial charge is 0.226 e. The van der Waals surface area contributed by atoms with Crippen molar-refractivity contribution >= 4 is 5.91 Å². The molecule has 0 aromatic heterocycles. The number of fused-ring (bicyclic) bond motifs is 2. The number of nitrogens with two attached hydrogens (primary N) is 1. The van der Waals surface area contributed by atoms with Crippen LogP contribution < -0.4 is 5.73 Å². The summed E-state index contributed by atoms with van der Waals surface area (Å²) in [5.74, 6) is 1.50. The predicted octanol–water partition coefficient (Wildman–Crippen LogP) is 0.344. The van der Waals surface area contributed by atoms with E-state index in [0.29, 0.717) is 30.5 Å². The average molecular weight is 180 g/mol. The molecule has 4 rings (SSSR count). The number of hydrogen-bond acceptors (Lipinski definition) is 2. The quantitative estimate of drug-likeness (QED) is 0.666. The zero-order chi connectivity index (χ0) is 9.00. The number of amides is 1. The van der Waals surface area contributed by atoms with E-state index < -0.39 is 0 Å². The molecule has 0 spiro atoms. The SMILES string of the molecule is NCC1C2CC(C2)C(=O)N1C1CC1. The van der Waals surface area contributed by atoms with E-state index in [0.717, 1.165) is 18.8 Å². The van der Waals surface area contributed by atoms with Gasteiger partial charge in [0.25, 0.3) is 0 Å². The Morgan fingerprint density at radius 1 is 1.38 bits per heavy atom. The molecule has 1 unspecified atom stereocenters. The molecule has 3 heteroatoms. The zero-order valence-electron chi connectivity index (χ0n) is 7.78. The van der Waals surface area contributed by atoms with E-state index in [4.69, 9.17) is 5.73 Å². The predicted molar refractivity (Wildman–Crippen MR) is 48.9 cm³/mol. The monoisotopic (exact) mass is 180 g/mol.